The van der Waals surface area contributed by atoms with Crippen LogP contribution in [-0.2, 0) is 9.59 Å². The molecular weight excluding hydrogens is 218 g/mol. The van der Waals surface area contributed by atoms with Crippen molar-refractivity contribution in [2.24, 2.45) is 11.3 Å². The lowest BCUT2D eigenvalue weighted by Gasteiger charge is -2.36. The zero-order chi connectivity index (χ0) is 13.2. The molecule has 1 amide bonds. The fourth-order valence-corrected chi connectivity index (χ4v) is 2.33. The van der Waals surface area contributed by atoms with Crippen LogP contribution in [0.5, 0.6) is 0 Å². The average molecular weight is 241 g/mol. The number of carboxylic acids is 1. The largest absolute Gasteiger partial charge is 0.480 e. The fraction of sp³-hybridized carbons (Fsp3) is 0.846. The van der Waals surface area contributed by atoms with Crippen LogP contribution in [0.2, 0.25) is 0 Å². The SMILES string of the molecule is CC1CCC(N(C)C(=O)C(C)(C)C(=O)O)CC1. The number of carbonyl (C=O) groups excluding carboxylic acids is 1. The van der Waals surface area contributed by atoms with E-state index in [2.05, 4.69) is 6.92 Å². The molecule has 1 saturated carbocycles. The summed E-state index contributed by atoms with van der Waals surface area (Å²) >= 11 is 0. The molecule has 4 nitrogen and oxygen atoms in total. The van der Waals surface area contributed by atoms with E-state index in [1.165, 1.54) is 13.8 Å². The number of carbonyl (C=O) groups is 2. The van der Waals surface area contributed by atoms with Gasteiger partial charge in [-0.3, -0.25) is 9.59 Å². The van der Waals surface area contributed by atoms with Crippen molar-refractivity contribution in [1.29, 1.82) is 0 Å². The van der Waals surface area contributed by atoms with Crippen LogP contribution >= 0.6 is 0 Å². The fourth-order valence-electron chi connectivity index (χ4n) is 2.33. The number of amides is 1. The van der Waals surface area contributed by atoms with E-state index >= 15 is 0 Å². The van der Waals surface area contributed by atoms with E-state index < -0.39 is 11.4 Å². The summed E-state index contributed by atoms with van der Waals surface area (Å²) in [5.74, 6) is -0.620. The second-order valence-electron chi connectivity index (χ2n) is 5.76. The minimum atomic E-state index is -1.32. The minimum absolute atomic E-state index is 0.206. The molecule has 98 valence electrons. The third-order valence-corrected chi connectivity index (χ3v) is 3.92. The number of nitrogens with zero attached hydrogens (tertiary/aromatic N) is 1. The molecule has 4 heteroatoms. The van der Waals surface area contributed by atoms with Gasteiger partial charge in [-0.2, -0.15) is 0 Å². The van der Waals surface area contributed by atoms with Gasteiger partial charge in [0.25, 0.3) is 0 Å². The minimum Gasteiger partial charge on any atom is -0.480 e. The van der Waals surface area contributed by atoms with E-state index in [1.807, 2.05) is 0 Å². The molecule has 1 aliphatic rings. The molecule has 0 heterocycles. The van der Waals surface area contributed by atoms with Crippen LogP contribution in [0.3, 0.4) is 0 Å². The van der Waals surface area contributed by atoms with Gasteiger partial charge in [0.2, 0.25) is 5.91 Å². The molecule has 17 heavy (non-hydrogen) atoms. The lowest BCUT2D eigenvalue weighted by molar-refractivity contribution is -0.159. The van der Waals surface area contributed by atoms with Gasteiger partial charge in [-0.25, -0.2) is 0 Å². The van der Waals surface area contributed by atoms with Crippen LogP contribution < -0.4 is 0 Å². The maximum absolute atomic E-state index is 12.1. The van der Waals surface area contributed by atoms with Gasteiger partial charge >= 0.3 is 5.97 Å². The summed E-state index contributed by atoms with van der Waals surface area (Å²) in [7, 11) is 1.73. The van der Waals surface area contributed by atoms with E-state index in [-0.39, 0.29) is 11.9 Å². The van der Waals surface area contributed by atoms with Gasteiger partial charge in [-0.1, -0.05) is 6.92 Å². The molecule has 0 aliphatic heterocycles. The molecule has 0 bridgehead atoms. The molecule has 0 aromatic carbocycles. The predicted molar refractivity (Wildman–Crippen MR) is 65.6 cm³/mol. The number of hydrogen-bond donors (Lipinski definition) is 1. The second kappa shape index (κ2) is 5.07. The third-order valence-electron chi connectivity index (χ3n) is 3.92. The summed E-state index contributed by atoms with van der Waals surface area (Å²) in [5, 5.41) is 9.05. The lowest BCUT2D eigenvalue weighted by atomic mass is 9.85. The van der Waals surface area contributed by atoms with Crippen molar-refractivity contribution < 1.29 is 14.7 Å². The Morgan fingerprint density at radius 1 is 1.18 bits per heavy atom. The summed E-state index contributed by atoms with van der Waals surface area (Å²) in [4.78, 5) is 24.8. The Hall–Kier alpha value is -1.06. The van der Waals surface area contributed by atoms with Crippen molar-refractivity contribution in [2.45, 2.75) is 52.5 Å². The molecule has 0 aromatic heterocycles. The first kappa shape index (κ1) is 14.0. The molecule has 1 aliphatic carbocycles. The topological polar surface area (TPSA) is 57.6 Å². The average Bonchev–Trinajstić information content (AvgIpc) is 2.27. The molecule has 0 atom stereocenters. The Kier molecular flexibility index (Phi) is 4.17. The maximum atomic E-state index is 12.1. The second-order valence-corrected chi connectivity index (χ2v) is 5.76. The molecular formula is C13H23NO3. The van der Waals surface area contributed by atoms with Gasteiger partial charge in [0, 0.05) is 13.1 Å². The van der Waals surface area contributed by atoms with E-state index in [9.17, 15) is 9.59 Å². The highest BCUT2D eigenvalue weighted by Crippen LogP contribution is 2.29. The van der Waals surface area contributed by atoms with Crippen molar-refractivity contribution >= 4 is 11.9 Å². The van der Waals surface area contributed by atoms with Crippen LogP contribution in [0, 0.1) is 11.3 Å². The van der Waals surface area contributed by atoms with Gasteiger partial charge in [0.1, 0.15) is 5.41 Å². The summed E-state index contributed by atoms with van der Waals surface area (Å²) in [6.45, 7) is 5.17. The van der Waals surface area contributed by atoms with Crippen molar-refractivity contribution in [2.75, 3.05) is 7.05 Å². The van der Waals surface area contributed by atoms with Crippen molar-refractivity contribution in [3.05, 3.63) is 0 Å². The molecule has 0 spiro atoms. The van der Waals surface area contributed by atoms with Gasteiger partial charge < -0.3 is 10.0 Å². The van der Waals surface area contributed by atoms with Crippen molar-refractivity contribution in [3.8, 4) is 0 Å². The Morgan fingerprint density at radius 3 is 2.06 bits per heavy atom. The predicted octanol–water partition coefficient (Wildman–Crippen LogP) is 2.13. The Bertz CT molecular complexity index is 304. The first-order valence-corrected chi connectivity index (χ1v) is 6.27. The number of rotatable bonds is 3. The molecule has 1 N–H and O–H groups in total. The highest BCUT2D eigenvalue weighted by molar-refractivity contribution is 6.00. The number of hydrogen-bond acceptors (Lipinski definition) is 2. The molecule has 1 rings (SSSR count). The highest BCUT2D eigenvalue weighted by Gasteiger charge is 2.40. The standard InChI is InChI=1S/C13H23NO3/c1-9-5-7-10(8-6-9)14(4)11(15)13(2,3)12(16)17/h9-10H,5-8H2,1-4H3,(H,16,17). The Morgan fingerprint density at radius 2 is 1.65 bits per heavy atom. The summed E-state index contributed by atoms with van der Waals surface area (Å²) in [6.07, 6.45) is 4.21. The van der Waals surface area contributed by atoms with E-state index in [4.69, 9.17) is 5.11 Å². The molecule has 0 unspecified atom stereocenters. The van der Waals surface area contributed by atoms with E-state index in [0.717, 1.165) is 31.6 Å². The molecule has 0 aromatic rings. The normalized spacial score (nSPS) is 25.4. The van der Waals surface area contributed by atoms with Gasteiger partial charge in [-0.05, 0) is 45.4 Å². The third kappa shape index (κ3) is 2.99. The monoisotopic (exact) mass is 241 g/mol. The van der Waals surface area contributed by atoms with Crippen LogP contribution in [0.25, 0.3) is 0 Å². The van der Waals surface area contributed by atoms with E-state index in [1.54, 1.807) is 11.9 Å². The van der Waals surface area contributed by atoms with Gasteiger partial charge in [-0.15, -0.1) is 0 Å². The first-order valence-electron chi connectivity index (χ1n) is 6.27. The van der Waals surface area contributed by atoms with Crippen molar-refractivity contribution in [3.63, 3.8) is 0 Å². The molecule has 0 radical (unpaired) electrons. The Labute approximate surface area is 103 Å². The van der Waals surface area contributed by atoms with Gasteiger partial charge in [0.05, 0.1) is 0 Å². The number of carboxylic acid groups (broad SMARTS) is 1. The van der Waals surface area contributed by atoms with Crippen LogP contribution in [0.4, 0.5) is 0 Å². The highest BCUT2D eigenvalue weighted by atomic mass is 16.4. The Balaban J connectivity index is 2.67. The van der Waals surface area contributed by atoms with Crippen molar-refractivity contribution in [1.82, 2.24) is 4.90 Å². The zero-order valence-corrected chi connectivity index (χ0v) is 11.2. The summed E-state index contributed by atoms with van der Waals surface area (Å²) in [6, 6.07) is 0.206. The van der Waals surface area contributed by atoms with Crippen LogP contribution in [-0.4, -0.2) is 35.0 Å². The first-order chi connectivity index (χ1) is 7.76. The van der Waals surface area contributed by atoms with E-state index in [0.29, 0.717) is 0 Å². The van der Waals surface area contributed by atoms with Crippen LogP contribution in [0.15, 0.2) is 0 Å². The van der Waals surface area contributed by atoms with Crippen LogP contribution in [0.1, 0.15) is 46.5 Å². The smallest absolute Gasteiger partial charge is 0.318 e. The molecule has 1 fully saturated rings. The maximum Gasteiger partial charge on any atom is 0.318 e. The number of aliphatic carboxylic acids is 1. The summed E-state index contributed by atoms with van der Waals surface area (Å²) < 4.78 is 0. The molecule has 0 saturated heterocycles. The lowest BCUT2D eigenvalue weighted by Crippen LogP contribution is -2.48. The quantitative estimate of drug-likeness (QED) is 0.770. The van der Waals surface area contributed by atoms with Gasteiger partial charge in [0.15, 0.2) is 0 Å². The zero-order valence-electron chi connectivity index (χ0n) is 11.2. The summed E-state index contributed by atoms with van der Waals surface area (Å²) in [5.41, 5.74) is -1.32.